The third-order valence-electron chi connectivity index (χ3n) is 5.39. The molecule has 3 aromatic rings. The Morgan fingerprint density at radius 1 is 0.914 bits per heavy atom. The number of fused-ring (bicyclic) bond motifs is 1. The van der Waals surface area contributed by atoms with Crippen LogP contribution in [0.1, 0.15) is 26.2 Å². The summed E-state index contributed by atoms with van der Waals surface area (Å²) in [5.74, 6) is -14.5. The topological polar surface area (TPSA) is 73.9 Å². The summed E-state index contributed by atoms with van der Waals surface area (Å²) in [7, 11) is -5.01. The Morgan fingerprint density at radius 3 is 2.14 bits per heavy atom. The van der Waals surface area contributed by atoms with E-state index in [-0.39, 0.29) is 11.9 Å². The lowest BCUT2D eigenvalue weighted by atomic mass is 9.96. The standard InChI is InChI=1S/C23H19F5NO5P/c1-12(23(30)32-14-8-5-9-14)29-35(31,33-16-11-4-7-13-6-2-3-10-15(13)16)34-22-20(27)18(25)17(24)19(26)21(22)28/h2-4,6-7,10-12,14H,5,8-9H2,1H3,(H,29,31). The van der Waals surface area contributed by atoms with E-state index in [0.29, 0.717) is 23.6 Å². The lowest BCUT2D eigenvalue weighted by molar-refractivity contribution is -0.154. The van der Waals surface area contributed by atoms with Gasteiger partial charge in [0.05, 0.1) is 0 Å². The van der Waals surface area contributed by atoms with E-state index in [0.717, 1.165) is 6.42 Å². The zero-order valence-electron chi connectivity index (χ0n) is 18.2. The maximum Gasteiger partial charge on any atom is 0.513 e. The van der Waals surface area contributed by atoms with Crippen LogP contribution in [0.15, 0.2) is 42.5 Å². The first-order chi connectivity index (χ1) is 16.6. The molecule has 0 bridgehead atoms. The van der Waals surface area contributed by atoms with Crippen LogP contribution in [-0.4, -0.2) is 18.1 Å². The molecule has 1 N–H and O–H groups in total. The van der Waals surface area contributed by atoms with Crippen LogP contribution >= 0.6 is 7.75 Å². The first-order valence-corrected chi connectivity index (χ1v) is 12.1. The van der Waals surface area contributed by atoms with E-state index in [1.54, 1.807) is 30.3 Å². The van der Waals surface area contributed by atoms with Crippen molar-refractivity contribution in [3.8, 4) is 11.5 Å². The third-order valence-corrected chi connectivity index (χ3v) is 6.95. The van der Waals surface area contributed by atoms with E-state index < -0.39 is 54.6 Å². The zero-order chi connectivity index (χ0) is 25.3. The molecule has 1 aliphatic rings. The minimum atomic E-state index is -5.01. The van der Waals surface area contributed by atoms with Crippen molar-refractivity contribution in [1.29, 1.82) is 0 Å². The van der Waals surface area contributed by atoms with Crippen LogP contribution in [0.2, 0.25) is 0 Å². The Balaban J connectivity index is 1.72. The highest BCUT2D eigenvalue weighted by molar-refractivity contribution is 7.52. The average Bonchev–Trinajstić information content (AvgIpc) is 2.81. The fraction of sp³-hybridized carbons (Fsp3) is 0.261. The molecule has 0 aromatic heterocycles. The molecule has 2 atom stereocenters. The van der Waals surface area contributed by atoms with Crippen molar-refractivity contribution in [2.75, 3.05) is 0 Å². The summed E-state index contributed by atoms with van der Waals surface area (Å²) < 4.78 is 98.7. The number of benzene rings is 3. The molecule has 0 spiro atoms. The van der Waals surface area contributed by atoms with Crippen LogP contribution in [0.4, 0.5) is 22.0 Å². The number of halogens is 5. The second kappa shape index (κ2) is 9.83. The maximum absolute atomic E-state index is 14.3. The molecule has 35 heavy (non-hydrogen) atoms. The van der Waals surface area contributed by atoms with E-state index in [4.69, 9.17) is 13.8 Å². The molecule has 0 heterocycles. The van der Waals surface area contributed by atoms with E-state index in [1.807, 2.05) is 0 Å². The van der Waals surface area contributed by atoms with Gasteiger partial charge in [0.15, 0.2) is 0 Å². The van der Waals surface area contributed by atoms with Crippen molar-refractivity contribution in [2.24, 2.45) is 0 Å². The van der Waals surface area contributed by atoms with Gasteiger partial charge in [-0.05, 0) is 37.6 Å². The molecule has 12 heteroatoms. The Kier molecular flexibility index (Phi) is 7.00. The van der Waals surface area contributed by atoms with Gasteiger partial charge in [0.1, 0.15) is 17.9 Å². The maximum atomic E-state index is 14.3. The Bertz CT molecular complexity index is 1300. The van der Waals surface area contributed by atoms with Crippen LogP contribution in [0.5, 0.6) is 11.5 Å². The van der Waals surface area contributed by atoms with Crippen molar-refractivity contribution in [3.05, 3.63) is 71.6 Å². The molecule has 6 nitrogen and oxygen atoms in total. The summed E-state index contributed by atoms with van der Waals surface area (Å²) in [5, 5.41) is 3.22. The smallest absolute Gasteiger partial charge is 0.461 e. The molecule has 1 aliphatic carbocycles. The van der Waals surface area contributed by atoms with Crippen molar-refractivity contribution in [3.63, 3.8) is 0 Å². The fourth-order valence-corrected chi connectivity index (χ4v) is 4.85. The van der Waals surface area contributed by atoms with E-state index in [2.05, 4.69) is 5.09 Å². The summed E-state index contributed by atoms with van der Waals surface area (Å²) in [5.41, 5.74) is 0. The molecule has 4 rings (SSSR count). The van der Waals surface area contributed by atoms with Gasteiger partial charge < -0.3 is 13.8 Å². The van der Waals surface area contributed by atoms with E-state index in [9.17, 15) is 31.3 Å². The summed E-state index contributed by atoms with van der Waals surface area (Å²) >= 11 is 0. The van der Waals surface area contributed by atoms with Gasteiger partial charge in [-0.15, -0.1) is 0 Å². The van der Waals surface area contributed by atoms with Gasteiger partial charge >= 0.3 is 13.7 Å². The monoisotopic (exact) mass is 515 g/mol. The second-order valence-corrected chi connectivity index (χ2v) is 9.52. The van der Waals surface area contributed by atoms with Crippen LogP contribution in [-0.2, 0) is 14.1 Å². The van der Waals surface area contributed by atoms with Crippen molar-refractivity contribution >= 4 is 24.5 Å². The summed E-state index contributed by atoms with van der Waals surface area (Å²) in [6, 6.07) is 9.82. The number of nitrogens with one attached hydrogen (secondary N) is 1. The Morgan fingerprint density at radius 2 is 1.51 bits per heavy atom. The van der Waals surface area contributed by atoms with Gasteiger partial charge in [-0.25, -0.2) is 17.7 Å². The predicted molar refractivity (Wildman–Crippen MR) is 115 cm³/mol. The number of esters is 1. The summed E-state index contributed by atoms with van der Waals surface area (Å²) in [4.78, 5) is 12.4. The number of rotatable bonds is 8. The zero-order valence-corrected chi connectivity index (χ0v) is 19.1. The van der Waals surface area contributed by atoms with Gasteiger partial charge in [-0.1, -0.05) is 36.4 Å². The highest BCUT2D eigenvalue weighted by Gasteiger charge is 2.39. The SMILES string of the molecule is CC(NP(=O)(Oc1c(F)c(F)c(F)c(F)c1F)Oc1cccc2ccccc12)C(=O)OC1CCC1. The van der Waals surface area contributed by atoms with Crippen LogP contribution in [0.3, 0.4) is 0 Å². The number of hydrogen-bond donors (Lipinski definition) is 1. The number of ether oxygens (including phenoxy) is 1. The minimum Gasteiger partial charge on any atom is -0.461 e. The summed E-state index contributed by atoms with van der Waals surface area (Å²) in [6.45, 7) is 1.22. The normalized spacial score (nSPS) is 16.3. The molecule has 1 saturated carbocycles. The Labute approximate surface area is 196 Å². The second-order valence-electron chi connectivity index (χ2n) is 7.90. The highest BCUT2D eigenvalue weighted by atomic mass is 31.2. The van der Waals surface area contributed by atoms with Crippen LogP contribution < -0.4 is 14.1 Å². The highest BCUT2D eigenvalue weighted by Crippen LogP contribution is 2.49. The van der Waals surface area contributed by atoms with E-state index in [1.165, 1.54) is 19.1 Å². The molecule has 0 aliphatic heterocycles. The number of carbonyl (C=O) groups excluding carboxylic acids is 1. The van der Waals surface area contributed by atoms with Crippen LogP contribution in [0, 0.1) is 29.1 Å². The molecule has 0 radical (unpaired) electrons. The quantitative estimate of drug-likeness (QED) is 0.127. The Hall–Kier alpha value is -3.17. The van der Waals surface area contributed by atoms with Crippen LogP contribution in [0.25, 0.3) is 10.8 Å². The molecular formula is C23H19F5NO5P. The average molecular weight is 515 g/mol. The minimum absolute atomic E-state index is 0.0950. The van der Waals surface area contributed by atoms with Gasteiger partial charge in [0.25, 0.3) is 0 Å². The third kappa shape index (κ3) is 5.11. The van der Waals surface area contributed by atoms with Crippen molar-refractivity contribution < 1.29 is 45.1 Å². The molecular weight excluding hydrogens is 496 g/mol. The number of hydrogen-bond acceptors (Lipinski definition) is 5. The first kappa shape index (κ1) is 24.9. The van der Waals surface area contributed by atoms with Gasteiger partial charge in [0.2, 0.25) is 34.8 Å². The largest absolute Gasteiger partial charge is 0.513 e. The lowest BCUT2D eigenvalue weighted by Crippen LogP contribution is -2.39. The summed E-state index contributed by atoms with van der Waals surface area (Å²) in [6.07, 6.45) is 1.82. The predicted octanol–water partition coefficient (Wildman–Crippen LogP) is 6.18. The van der Waals surface area contributed by atoms with E-state index >= 15 is 0 Å². The molecule has 2 unspecified atom stereocenters. The molecule has 0 saturated heterocycles. The van der Waals surface area contributed by atoms with Crippen molar-refractivity contribution in [1.82, 2.24) is 5.09 Å². The van der Waals surface area contributed by atoms with Gasteiger partial charge in [-0.3, -0.25) is 4.79 Å². The lowest BCUT2D eigenvalue weighted by Gasteiger charge is -2.28. The molecule has 3 aromatic carbocycles. The first-order valence-electron chi connectivity index (χ1n) is 10.6. The van der Waals surface area contributed by atoms with Gasteiger partial charge in [-0.2, -0.15) is 13.9 Å². The van der Waals surface area contributed by atoms with Crippen molar-refractivity contribution in [2.45, 2.75) is 38.3 Å². The van der Waals surface area contributed by atoms with Gasteiger partial charge in [0, 0.05) is 5.39 Å². The molecule has 0 amide bonds. The number of carbonyl (C=O) groups is 1. The fourth-order valence-electron chi connectivity index (χ4n) is 3.31. The molecule has 1 fully saturated rings. The molecule has 186 valence electrons.